The minimum Gasteiger partial charge on any atom is -0.396 e. The van der Waals surface area contributed by atoms with Crippen molar-refractivity contribution in [3.63, 3.8) is 0 Å². The first-order chi connectivity index (χ1) is 12.5. The number of carbonyl (C=O) groups is 3. The fourth-order valence-corrected chi connectivity index (χ4v) is 3.32. The largest absolute Gasteiger partial charge is 0.396 e. The number of rotatable bonds is 7. The summed E-state index contributed by atoms with van der Waals surface area (Å²) in [6, 6.07) is 4.70. The lowest BCUT2D eigenvalue weighted by molar-refractivity contribution is -0.136. The number of aliphatic hydroxyl groups excluding tert-OH is 1. The molecule has 4 amide bonds. The second-order valence-corrected chi connectivity index (χ2v) is 6.89. The zero-order valence-electron chi connectivity index (χ0n) is 14.9. The molecule has 4 N–H and O–H groups in total. The molecule has 1 atom stereocenters. The average molecular weight is 380 g/mol. The molecule has 26 heavy (non-hydrogen) atoms. The summed E-state index contributed by atoms with van der Waals surface area (Å²) in [5, 5.41) is 16.9. The third-order valence-electron chi connectivity index (χ3n) is 4.00. The van der Waals surface area contributed by atoms with Gasteiger partial charge in [0.1, 0.15) is 0 Å². The Labute approximate surface area is 156 Å². The van der Waals surface area contributed by atoms with E-state index < -0.39 is 11.8 Å². The van der Waals surface area contributed by atoms with E-state index in [1.165, 1.54) is 11.8 Å². The van der Waals surface area contributed by atoms with Crippen LogP contribution in [-0.4, -0.2) is 60.7 Å². The van der Waals surface area contributed by atoms with Gasteiger partial charge in [-0.3, -0.25) is 14.5 Å². The van der Waals surface area contributed by atoms with Gasteiger partial charge in [0.25, 0.3) is 0 Å². The van der Waals surface area contributed by atoms with E-state index in [0.29, 0.717) is 36.6 Å². The summed E-state index contributed by atoms with van der Waals surface area (Å²) < 4.78 is 0. The molecule has 1 aromatic rings. The molecule has 2 rings (SSSR count). The summed E-state index contributed by atoms with van der Waals surface area (Å²) in [5.41, 5.74) is 2.03. The molecule has 0 radical (unpaired) electrons. The van der Waals surface area contributed by atoms with Crippen molar-refractivity contribution in [2.24, 2.45) is 0 Å². The predicted octanol–water partition coefficient (Wildman–Crippen LogP) is 0.693. The van der Waals surface area contributed by atoms with Gasteiger partial charge in [-0.2, -0.15) is 11.8 Å². The molecule has 1 heterocycles. The van der Waals surface area contributed by atoms with Gasteiger partial charge in [-0.25, -0.2) is 4.79 Å². The van der Waals surface area contributed by atoms with E-state index in [4.69, 9.17) is 5.11 Å². The van der Waals surface area contributed by atoms with Crippen LogP contribution < -0.4 is 20.9 Å². The zero-order valence-corrected chi connectivity index (χ0v) is 15.7. The summed E-state index contributed by atoms with van der Waals surface area (Å²) >= 11 is 1.52. The third kappa shape index (κ3) is 5.12. The van der Waals surface area contributed by atoms with E-state index in [1.807, 2.05) is 13.2 Å². The van der Waals surface area contributed by atoms with Crippen molar-refractivity contribution in [3.05, 3.63) is 23.8 Å². The lowest BCUT2D eigenvalue weighted by Crippen LogP contribution is -2.43. The Bertz CT molecular complexity index is 677. The Balaban J connectivity index is 2.04. The lowest BCUT2D eigenvalue weighted by atomic mass is 10.1. The Kier molecular flexibility index (Phi) is 7.28. The van der Waals surface area contributed by atoms with Crippen molar-refractivity contribution in [1.82, 2.24) is 10.6 Å². The Morgan fingerprint density at radius 3 is 2.77 bits per heavy atom. The first-order valence-corrected chi connectivity index (χ1v) is 9.73. The smallest absolute Gasteiger partial charge is 0.322 e. The van der Waals surface area contributed by atoms with Crippen LogP contribution in [0.2, 0.25) is 0 Å². The molecule has 1 saturated heterocycles. The molecule has 0 bridgehead atoms. The molecule has 0 saturated carbocycles. The van der Waals surface area contributed by atoms with Crippen LogP contribution in [0.5, 0.6) is 0 Å². The summed E-state index contributed by atoms with van der Waals surface area (Å²) in [6.45, 7) is 2.93. The second-order valence-electron chi connectivity index (χ2n) is 5.98. The van der Waals surface area contributed by atoms with Gasteiger partial charge in [0.15, 0.2) is 0 Å². The van der Waals surface area contributed by atoms with E-state index in [9.17, 15) is 14.4 Å². The molecule has 1 aliphatic rings. The number of hydrogen-bond acceptors (Lipinski definition) is 5. The van der Waals surface area contributed by atoms with E-state index >= 15 is 0 Å². The molecule has 1 fully saturated rings. The number of nitrogens with one attached hydrogen (secondary N) is 3. The van der Waals surface area contributed by atoms with E-state index in [2.05, 4.69) is 16.0 Å². The van der Waals surface area contributed by atoms with Gasteiger partial charge >= 0.3 is 17.8 Å². The molecule has 1 aliphatic heterocycles. The fraction of sp³-hybridized carbons (Fsp3) is 0.471. The van der Waals surface area contributed by atoms with Crippen LogP contribution in [-0.2, 0) is 9.59 Å². The number of amides is 4. The number of benzene rings is 1. The van der Waals surface area contributed by atoms with Crippen molar-refractivity contribution >= 4 is 41.0 Å². The molecule has 1 aromatic carbocycles. The van der Waals surface area contributed by atoms with Gasteiger partial charge < -0.3 is 21.1 Å². The molecule has 1 unspecified atom stereocenters. The Morgan fingerprint density at radius 2 is 2.15 bits per heavy atom. The number of thioether (sulfide) groups is 1. The maximum atomic E-state index is 12.2. The number of urea groups is 1. The van der Waals surface area contributed by atoms with Gasteiger partial charge in [0.05, 0.1) is 5.69 Å². The summed E-state index contributed by atoms with van der Waals surface area (Å²) in [4.78, 5) is 37.7. The number of nitrogens with zero attached hydrogens (tertiary/aromatic N) is 1. The molecule has 8 nitrogen and oxygen atoms in total. The molecule has 9 heteroatoms. The van der Waals surface area contributed by atoms with Gasteiger partial charge in [-0.05, 0) is 37.3 Å². The zero-order chi connectivity index (χ0) is 19.1. The van der Waals surface area contributed by atoms with E-state index in [-0.39, 0.29) is 18.7 Å². The number of hydrogen-bond donors (Lipinski definition) is 4. The molecular formula is C17H24N4O4S. The molecule has 0 spiro atoms. The molecule has 0 aliphatic carbocycles. The van der Waals surface area contributed by atoms with Crippen molar-refractivity contribution in [1.29, 1.82) is 0 Å². The van der Waals surface area contributed by atoms with E-state index in [0.717, 1.165) is 5.56 Å². The number of carbonyl (C=O) groups excluding carboxylic acids is 3. The highest BCUT2D eigenvalue weighted by atomic mass is 32.2. The number of aliphatic hydroxyl groups is 1. The maximum absolute atomic E-state index is 12.2. The SMILES string of the molecule is CSCC(CCO)NC(=O)C(=O)Nc1ccc(C)c(N2CCNC2=O)c1. The van der Waals surface area contributed by atoms with Crippen LogP contribution in [0.25, 0.3) is 0 Å². The van der Waals surface area contributed by atoms with Crippen LogP contribution in [0, 0.1) is 6.92 Å². The Hall–Kier alpha value is -2.26. The first-order valence-electron chi connectivity index (χ1n) is 8.34. The topological polar surface area (TPSA) is 111 Å². The summed E-state index contributed by atoms with van der Waals surface area (Å²) in [5.74, 6) is -0.925. The summed E-state index contributed by atoms with van der Waals surface area (Å²) in [7, 11) is 0. The second kappa shape index (κ2) is 9.44. The van der Waals surface area contributed by atoms with Crippen LogP contribution in [0.4, 0.5) is 16.2 Å². The van der Waals surface area contributed by atoms with Gasteiger partial charge in [-0.1, -0.05) is 6.07 Å². The van der Waals surface area contributed by atoms with Gasteiger partial charge in [0.2, 0.25) is 0 Å². The average Bonchev–Trinajstić information content (AvgIpc) is 3.02. The maximum Gasteiger partial charge on any atom is 0.322 e. The quantitative estimate of drug-likeness (QED) is 0.520. The standard InChI is InChI=1S/C17H24N4O4S/c1-11-3-4-12(9-14(11)21-7-6-18-17(21)25)19-15(23)16(24)20-13(5-8-22)10-26-2/h3-4,9,13,22H,5-8,10H2,1-2H3,(H,18,25)(H,19,23)(H,20,24). The highest BCUT2D eigenvalue weighted by Gasteiger charge is 2.23. The summed E-state index contributed by atoms with van der Waals surface area (Å²) in [6.07, 6.45) is 2.28. The van der Waals surface area contributed by atoms with Crippen LogP contribution in [0.3, 0.4) is 0 Å². The highest BCUT2D eigenvalue weighted by molar-refractivity contribution is 7.98. The monoisotopic (exact) mass is 380 g/mol. The number of anilines is 2. The van der Waals surface area contributed by atoms with Crippen molar-refractivity contribution < 1.29 is 19.5 Å². The van der Waals surface area contributed by atoms with Crippen molar-refractivity contribution in [2.45, 2.75) is 19.4 Å². The normalized spacial score (nSPS) is 14.7. The predicted molar refractivity (Wildman–Crippen MR) is 103 cm³/mol. The fourth-order valence-electron chi connectivity index (χ4n) is 2.67. The number of aryl methyl sites for hydroxylation is 1. The minimum atomic E-state index is -0.783. The van der Waals surface area contributed by atoms with Crippen LogP contribution in [0.15, 0.2) is 18.2 Å². The first kappa shape index (κ1) is 20.1. The van der Waals surface area contributed by atoms with Crippen LogP contribution >= 0.6 is 11.8 Å². The Morgan fingerprint density at radius 1 is 1.38 bits per heavy atom. The lowest BCUT2D eigenvalue weighted by Gasteiger charge is -2.19. The molecule has 0 aromatic heterocycles. The minimum absolute atomic E-state index is 0.0631. The molecular weight excluding hydrogens is 356 g/mol. The third-order valence-corrected chi connectivity index (χ3v) is 4.74. The van der Waals surface area contributed by atoms with Crippen molar-refractivity contribution in [2.75, 3.05) is 41.9 Å². The van der Waals surface area contributed by atoms with Crippen molar-refractivity contribution in [3.8, 4) is 0 Å². The molecule has 142 valence electrons. The van der Waals surface area contributed by atoms with Crippen LogP contribution in [0.1, 0.15) is 12.0 Å². The van der Waals surface area contributed by atoms with E-state index in [1.54, 1.807) is 23.1 Å². The van der Waals surface area contributed by atoms with Gasteiger partial charge in [0, 0.05) is 37.2 Å². The van der Waals surface area contributed by atoms with Gasteiger partial charge in [-0.15, -0.1) is 0 Å². The highest BCUT2D eigenvalue weighted by Crippen LogP contribution is 2.25.